The highest BCUT2D eigenvalue weighted by molar-refractivity contribution is 5.85. The second kappa shape index (κ2) is 5.61. The van der Waals surface area contributed by atoms with Crippen molar-refractivity contribution in [3.63, 3.8) is 0 Å². The summed E-state index contributed by atoms with van der Waals surface area (Å²) in [4.78, 5) is 17.2. The molecule has 1 atom stereocenters. The highest BCUT2D eigenvalue weighted by Crippen LogP contribution is 2.36. The van der Waals surface area contributed by atoms with Gasteiger partial charge in [-0.2, -0.15) is 0 Å². The first kappa shape index (κ1) is 14.9. The van der Waals surface area contributed by atoms with Gasteiger partial charge in [0.05, 0.1) is 11.7 Å². The summed E-state index contributed by atoms with van der Waals surface area (Å²) < 4.78 is 0. The summed E-state index contributed by atoms with van der Waals surface area (Å²) in [6.45, 7) is 5.44. The molecule has 0 bridgehead atoms. The van der Waals surface area contributed by atoms with E-state index in [1.807, 2.05) is 6.92 Å². The number of hydrogen-bond acceptors (Lipinski definition) is 4. The maximum absolute atomic E-state index is 12.3. The zero-order valence-electron chi connectivity index (χ0n) is 13.3. The van der Waals surface area contributed by atoms with E-state index in [9.17, 15) is 4.79 Å². The van der Waals surface area contributed by atoms with Gasteiger partial charge in [-0.05, 0) is 58.2 Å². The van der Waals surface area contributed by atoms with Crippen LogP contribution in [0.1, 0.15) is 39.0 Å². The molecule has 2 saturated heterocycles. The molecule has 118 valence electrons. The van der Waals surface area contributed by atoms with E-state index in [0.29, 0.717) is 0 Å². The number of piperidine rings is 1. The van der Waals surface area contributed by atoms with Crippen molar-refractivity contribution < 1.29 is 4.79 Å². The molecule has 3 rings (SSSR count). The number of likely N-dealkylation sites (tertiary alicyclic amines) is 1. The molecule has 21 heavy (non-hydrogen) atoms. The minimum Gasteiger partial charge on any atom is -0.405 e. The monoisotopic (exact) mass is 292 g/mol. The summed E-state index contributed by atoms with van der Waals surface area (Å²) in [6, 6.07) is -0.0696. The van der Waals surface area contributed by atoms with Gasteiger partial charge in [-0.15, -0.1) is 0 Å². The van der Waals surface area contributed by atoms with Crippen LogP contribution in [0.25, 0.3) is 0 Å². The lowest BCUT2D eigenvalue weighted by atomic mass is 9.95. The molecule has 1 saturated carbocycles. The minimum atomic E-state index is -0.128. The molecule has 0 aromatic carbocycles. The molecule has 1 unspecified atom stereocenters. The van der Waals surface area contributed by atoms with Crippen LogP contribution in [0.2, 0.25) is 0 Å². The maximum atomic E-state index is 12.3. The van der Waals surface area contributed by atoms with Crippen molar-refractivity contribution in [1.29, 1.82) is 0 Å². The molecule has 2 aliphatic heterocycles. The topological polar surface area (TPSA) is 61.6 Å². The van der Waals surface area contributed by atoms with Gasteiger partial charge in [-0.25, -0.2) is 0 Å². The molecular formula is C16H28N4O. The number of amides is 1. The first-order valence-corrected chi connectivity index (χ1v) is 8.19. The van der Waals surface area contributed by atoms with Gasteiger partial charge < -0.3 is 16.0 Å². The highest BCUT2D eigenvalue weighted by atomic mass is 16.2. The van der Waals surface area contributed by atoms with E-state index in [2.05, 4.69) is 22.2 Å². The minimum absolute atomic E-state index is 0.0696. The molecular weight excluding hydrogens is 264 g/mol. The second-order valence-corrected chi connectivity index (χ2v) is 7.11. The Hall–Kier alpha value is -1.07. The number of carbonyl (C=O) groups excluding carboxylic acids is 1. The van der Waals surface area contributed by atoms with Crippen molar-refractivity contribution in [2.24, 2.45) is 11.7 Å². The highest BCUT2D eigenvalue weighted by Gasteiger charge is 2.50. The molecule has 2 heterocycles. The Morgan fingerprint density at radius 3 is 2.67 bits per heavy atom. The van der Waals surface area contributed by atoms with Crippen molar-refractivity contribution in [1.82, 2.24) is 15.1 Å². The van der Waals surface area contributed by atoms with Gasteiger partial charge in [0.15, 0.2) is 0 Å². The molecule has 3 fully saturated rings. The average Bonchev–Trinajstić information content (AvgIpc) is 3.26. The lowest BCUT2D eigenvalue weighted by Gasteiger charge is -2.44. The third-order valence-electron chi connectivity index (χ3n) is 5.50. The van der Waals surface area contributed by atoms with Crippen LogP contribution < -0.4 is 11.1 Å². The fourth-order valence-corrected chi connectivity index (χ4v) is 3.73. The zero-order chi connectivity index (χ0) is 15.0. The lowest BCUT2D eigenvalue weighted by Crippen LogP contribution is -2.58. The fourth-order valence-electron chi connectivity index (χ4n) is 3.73. The summed E-state index contributed by atoms with van der Waals surface area (Å²) in [5.74, 6) is 1.11. The first-order valence-electron chi connectivity index (χ1n) is 8.19. The zero-order valence-corrected chi connectivity index (χ0v) is 13.3. The SMILES string of the molecule is C/C(=C\N)CC1C(=O)NC2(CCN(CC3CC3)CC2)N1C. The summed E-state index contributed by atoms with van der Waals surface area (Å²) in [5.41, 5.74) is 6.51. The smallest absolute Gasteiger partial charge is 0.239 e. The van der Waals surface area contributed by atoms with Crippen LogP contribution in [-0.2, 0) is 4.79 Å². The third-order valence-corrected chi connectivity index (χ3v) is 5.50. The van der Waals surface area contributed by atoms with Gasteiger partial charge in [0.2, 0.25) is 5.91 Å². The Morgan fingerprint density at radius 2 is 2.10 bits per heavy atom. The Labute approximate surface area is 127 Å². The average molecular weight is 292 g/mol. The van der Waals surface area contributed by atoms with Crippen molar-refractivity contribution in [3.05, 3.63) is 11.8 Å². The van der Waals surface area contributed by atoms with Gasteiger partial charge >= 0.3 is 0 Å². The molecule has 3 aliphatic rings. The van der Waals surface area contributed by atoms with Gasteiger partial charge in [0.25, 0.3) is 0 Å². The van der Waals surface area contributed by atoms with Crippen molar-refractivity contribution in [3.8, 4) is 0 Å². The van der Waals surface area contributed by atoms with Crippen LogP contribution in [0.4, 0.5) is 0 Å². The summed E-state index contributed by atoms with van der Waals surface area (Å²) in [6.07, 6.45) is 7.22. The van der Waals surface area contributed by atoms with E-state index >= 15 is 0 Å². The molecule has 1 spiro atoms. The van der Waals surface area contributed by atoms with Crippen LogP contribution in [-0.4, -0.2) is 54.1 Å². The Bertz CT molecular complexity index is 436. The molecule has 1 amide bonds. The Morgan fingerprint density at radius 1 is 1.43 bits per heavy atom. The van der Waals surface area contributed by atoms with Gasteiger partial charge in [-0.3, -0.25) is 9.69 Å². The first-order chi connectivity index (χ1) is 10.0. The quantitative estimate of drug-likeness (QED) is 0.807. The molecule has 0 aromatic heterocycles. The van der Waals surface area contributed by atoms with Crippen LogP contribution >= 0.6 is 0 Å². The Kier molecular flexibility index (Phi) is 3.97. The third kappa shape index (κ3) is 2.94. The normalized spacial score (nSPS) is 30.9. The molecule has 5 nitrogen and oxygen atoms in total. The molecule has 5 heteroatoms. The van der Waals surface area contributed by atoms with Crippen LogP contribution in [0, 0.1) is 5.92 Å². The van der Waals surface area contributed by atoms with Crippen LogP contribution in [0.3, 0.4) is 0 Å². The summed E-state index contributed by atoms with van der Waals surface area (Å²) in [7, 11) is 2.09. The molecule has 1 aliphatic carbocycles. The van der Waals surface area contributed by atoms with E-state index < -0.39 is 0 Å². The number of nitrogens with zero attached hydrogens (tertiary/aromatic N) is 2. The molecule has 0 aromatic rings. The standard InChI is InChI=1S/C16H28N4O/c1-12(10-17)9-14-15(21)18-16(19(14)2)5-7-20(8-6-16)11-13-3-4-13/h10,13-14H,3-9,11,17H2,1-2H3,(H,18,21)/b12-10+. The van der Waals surface area contributed by atoms with E-state index in [0.717, 1.165) is 43.8 Å². The van der Waals surface area contributed by atoms with Crippen molar-refractivity contribution in [2.75, 3.05) is 26.7 Å². The van der Waals surface area contributed by atoms with Crippen molar-refractivity contribution >= 4 is 5.91 Å². The Balaban J connectivity index is 1.62. The predicted octanol–water partition coefficient (Wildman–Crippen LogP) is 0.871. The summed E-state index contributed by atoms with van der Waals surface area (Å²) >= 11 is 0. The maximum Gasteiger partial charge on any atom is 0.239 e. The summed E-state index contributed by atoms with van der Waals surface area (Å²) in [5, 5.41) is 3.28. The van der Waals surface area contributed by atoms with E-state index in [4.69, 9.17) is 5.73 Å². The van der Waals surface area contributed by atoms with Crippen LogP contribution in [0.5, 0.6) is 0 Å². The van der Waals surface area contributed by atoms with Gasteiger partial charge in [0.1, 0.15) is 0 Å². The number of likely N-dealkylation sites (N-methyl/N-ethyl adjacent to an activating group) is 1. The number of nitrogens with two attached hydrogens (primary N) is 1. The largest absolute Gasteiger partial charge is 0.405 e. The predicted molar refractivity (Wildman–Crippen MR) is 83.4 cm³/mol. The number of nitrogens with one attached hydrogen (secondary N) is 1. The molecule has 0 radical (unpaired) electrons. The number of hydrogen-bond donors (Lipinski definition) is 2. The van der Waals surface area contributed by atoms with E-state index in [1.165, 1.54) is 19.4 Å². The molecule has 3 N–H and O–H groups in total. The fraction of sp³-hybridized carbons (Fsp3) is 0.812. The van der Waals surface area contributed by atoms with Gasteiger partial charge in [-0.1, -0.05) is 5.57 Å². The van der Waals surface area contributed by atoms with Gasteiger partial charge in [0, 0.05) is 19.6 Å². The van der Waals surface area contributed by atoms with Crippen molar-refractivity contribution in [2.45, 2.75) is 50.7 Å². The van der Waals surface area contributed by atoms with E-state index in [1.54, 1.807) is 6.20 Å². The van der Waals surface area contributed by atoms with E-state index in [-0.39, 0.29) is 17.6 Å². The number of carbonyl (C=O) groups is 1. The second-order valence-electron chi connectivity index (χ2n) is 7.11. The number of rotatable bonds is 4. The lowest BCUT2D eigenvalue weighted by molar-refractivity contribution is -0.121. The van der Waals surface area contributed by atoms with Crippen LogP contribution in [0.15, 0.2) is 11.8 Å².